The van der Waals surface area contributed by atoms with Crippen LogP contribution in [0.25, 0.3) is 0 Å². The Balaban J connectivity index is 2.46. The minimum atomic E-state index is -0.506. The third-order valence-corrected chi connectivity index (χ3v) is 3.14. The van der Waals surface area contributed by atoms with E-state index in [4.69, 9.17) is 4.74 Å². The van der Waals surface area contributed by atoms with E-state index in [-0.39, 0.29) is 23.3 Å². The van der Waals surface area contributed by atoms with Crippen LogP contribution in [0.15, 0.2) is 24.3 Å². The number of hydrogen-bond donors (Lipinski definition) is 2. The maximum Gasteiger partial charge on any atom is 0.341 e. The van der Waals surface area contributed by atoms with Gasteiger partial charge in [0.2, 0.25) is 0 Å². The Labute approximate surface area is 114 Å². The molecular weight excluding hydrogens is 244 g/mol. The van der Waals surface area contributed by atoms with E-state index in [0.717, 1.165) is 12.8 Å². The Morgan fingerprint density at radius 2 is 2.00 bits per heavy atom. The third kappa shape index (κ3) is 5.30. The van der Waals surface area contributed by atoms with E-state index in [9.17, 15) is 15.0 Å². The summed E-state index contributed by atoms with van der Waals surface area (Å²) in [7, 11) is 0. The first kappa shape index (κ1) is 15.5. The number of phenols is 1. The van der Waals surface area contributed by atoms with Crippen LogP contribution in [0.1, 0.15) is 43.5 Å². The molecule has 4 nitrogen and oxygen atoms in total. The molecule has 0 aliphatic carbocycles. The van der Waals surface area contributed by atoms with Crippen LogP contribution in [0.5, 0.6) is 5.75 Å². The summed E-state index contributed by atoms with van der Waals surface area (Å²) in [6.07, 6.45) is 2.08. The number of aromatic hydroxyl groups is 1. The number of carbonyl (C=O) groups is 1. The first-order chi connectivity index (χ1) is 9.04. The molecule has 0 fully saturated rings. The van der Waals surface area contributed by atoms with E-state index in [1.807, 2.05) is 6.92 Å². The van der Waals surface area contributed by atoms with Gasteiger partial charge in [-0.05, 0) is 37.8 Å². The molecule has 0 bridgehead atoms. The van der Waals surface area contributed by atoms with Gasteiger partial charge in [-0.3, -0.25) is 0 Å². The van der Waals surface area contributed by atoms with Crippen molar-refractivity contribution in [1.82, 2.24) is 0 Å². The lowest BCUT2D eigenvalue weighted by Crippen LogP contribution is -2.15. The van der Waals surface area contributed by atoms with E-state index >= 15 is 0 Å². The fraction of sp³-hybridized carbons (Fsp3) is 0.533. The predicted molar refractivity (Wildman–Crippen MR) is 73.1 cm³/mol. The summed E-state index contributed by atoms with van der Waals surface area (Å²) in [6, 6.07) is 6.33. The molecule has 0 aromatic heterocycles. The summed E-state index contributed by atoms with van der Waals surface area (Å²) < 4.78 is 5.21. The second-order valence-electron chi connectivity index (χ2n) is 4.82. The maximum atomic E-state index is 11.8. The number of rotatable bonds is 7. The van der Waals surface area contributed by atoms with E-state index in [1.165, 1.54) is 12.1 Å². The SMILES string of the molecule is CCC(CCC(C)O)COC(=O)c1ccccc1O. The van der Waals surface area contributed by atoms with Crippen molar-refractivity contribution in [3.05, 3.63) is 29.8 Å². The molecule has 2 unspecified atom stereocenters. The van der Waals surface area contributed by atoms with Gasteiger partial charge in [0, 0.05) is 0 Å². The number of esters is 1. The second-order valence-corrected chi connectivity index (χ2v) is 4.82. The Morgan fingerprint density at radius 3 is 2.58 bits per heavy atom. The lowest BCUT2D eigenvalue weighted by Gasteiger charge is -2.16. The van der Waals surface area contributed by atoms with Crippen LogP contribution in [0.4, 0.5) is 0 Å². The van der Waals surface area contributed by atoms with Gasteiger partial charge in [0.15, 0.2) is 0 Å². The van der Waals surface area contributed by atoms with Gasteiger partial charge in [-0.25, -0.2) is 4.79 Å². The molecule has 1 aromatic rings. The fourth-order valence-corrected chi connectivity index (χ4v) is 1.80. The molecule has 0 saturated carbocycles. The highest BCUT2D eigenvalue weighted by molar-refractivity contribution is 5.92. The molecule has 0 spiro atoms. The van der Waals surface area contributed by atoms with E-state index in [2.05, 4.69) is 0 Å². The standard InChI is InChI=1S/C15H22O4/c1-3-12(9-8-11(2)16)10-19-15(18)13-6-4-5-7-14(13)17/h4-7,11-12,16-17H,3,8-10H2,1-2H3. The van der Waals surface area contributed by atoms with E-state index in [0.29, 0.717) is 13.0 Å². The molecule has 0 saturated heterocycles. The van der Waals surface area contributed by atoms with Crippen molar-refractivity contribution in [3.8, 4) is 5.75 Å². The number of carbonyl (C=O) groups excluding carboxylic acids is 1. The minimum Gasteiger partial charge on any atom is -0.507 e. The number of ether oxygens (including phenoxy) is 1. The summed E-state index contributed by atoms with van der Waals surface area (Å²) in [6.45, 7) is 4.09. The second kappa shape index (κ2) is 7.79. The average molecular weight is 266 g/mol. The molecule has 2 atom stereocenters. The largest absolute Gasteiger partial charge is 0.507 e. The summed E-state index contributed by atoms with van der Waals surface area (Å²) in [5, 5.41) is 18.8. The first-order valence-electron chi connectivity index (χ1n) is 6.67. The molecule has 0 aliphatic heterocycles. The molecule has 4 heteroatoms. The Bertz CT molecular complexity index is 401. The zero-order valence-corrected chi connectivity index (χ0v) is 11.5. The molecule has 0 amide bonds. The lowest BCUT2D eigenvalue weighted by molar-refractivity contribution is 0.0415. The van der Waals surface area contributed by atoms with Gasteiger partial charge in [0.25, 0.3) is 0 Å². The normalized spacial score (nSPS) is 13.8. The molecule has 1 rings (SSSR count). The summed E-state index contributed by atoms with van der Waals surface area (Å²) in [4.78, 5) is 11.8. The van der Waals surface area contributed by atoms with Crippen molar-refractivity contribution in [2.45, 2.75) is 39.2 Å². The van der Waals surface area contributed by atoms with Gasteiger partial charge >= 0.3 is 5.97 Å². The average Bonchev–Trinajstić information content (AvgIpc) is 2.39. The molecule has 0 heterocycles. The van der Waals surface area contributed by atoms with E-state index < -0.39 is 5.97 Å². The Kier molecular flexibility index (Phi) is 6.36. The summed E-state index contributed by atoms with van der Waals surface area (Å²) in [5.74, 6) is -0.331. The van der Waals surface area contributed by atoms with Crippen molar-refractivity contribution < 1.29 is 19.7 Å². The van der Waals surface area contributed by atoms with Crippen LogP contribution in [0, 0.1) is 5.92 Å². The third-order valence-electron chi connectivity index (χ3n) is 3.14. The first-order valence-corrected chi connectivity index (χ1v) is 6.67. The van der Waals surface area contributed by atoms with Crippen molar-refractivity contribution in [1.29, 1.82) is 0 Å². The zero-order chi connectivity index (χ0) is 14.3. The van der Waals surface area contributed by atoms with Crippen LogP contribution in [-0.2, 0) is 4.74 Å². The number of para-hydroxylation sites is 1. The van der Waals surface area contributed by atoms with Crippen molar-refractivity contribution in [2.24, 2.45) is 5.92 Å². The van der Waals surface area contributed by atoms with Gasteiger partial charge in [-0.2, -0.15) is 0 Å². The number of hydrogen-bond acceptors (Lipinski definition) is 4. The maximum absolute atomic E-state index is 11.8. The highest BCUT2D eigenvalue weighted by atomic mass is 16.5. The van der Waals surface area contributed by atoms with Crippen molar-refractivity contribution >= 4 is 5.97 Å². The lowest BCUT2D eigenvalue weighted by atomic mass is 9.99. The zero-order valence-electron chi connectivity index (χ0n) is 11.5. The molecule has 0 radical (unpaired) electrons. The molecule has 19 heavy (non-hydrogen) atoms. The molecule has 2 N–H and O–H groups in total. The highest BCUT2D eigenvalue weighted by Gasteiger charge is 2.15. The fourth-order valence-electron chi connectivity index (χ4n) is 1.80. The van der Waals surface area contributed by atoms with Crippen molar-refractivity contribution in [2.75, 3.05) is 6.61 Å². The quantitative estimate of drug-likeness (QED) is 0.745. The number of aliphatic hydroxyl groups is 1. The van der Waals surface area contributed by atoms with E-state index in [1.54, 1.807) is 19.1 Å². The van der Waals surface area contributed by atoms with Gasteiger partial charge in [-0.1, -0.05) is 25.5 Å². The summed E-state index contributed by atoms with van der Waals surface area (Å²) in [5.41, 5.74) is 0.188. The number of benzene rings is 1. The molecule has 106 valence electrons. The van der Waals surface area contributed by atoms with Crippen molar-refractivity contribution in [3.63, 3.8) is 0 Å². The minimum absolute atomic E-state index is 0.0653. The topological polar surface area (TPSA) is 66.8 Å². The monoisotopic (exact) mass is 266 g/mol. The van der Waals surface area contributed by atoms with Gasteiger partial charge in [0.1, 0.15) is 11.3 Å². The molecule has 0 aliphatic rings. The van der Waals surface area contributed by atoms with Gasteiger partial charge in [-0.15, -0.1) is 0 Å². The number of phenolic OH excluding ortho intramolecular Hbond substituents is 1. The molecule has 1 aromatic carbocycles. The van der Waals surface area contributed by atoms with Crippen LogP contribution >= 0.6 is 0 Å². The predicted octanol–water partition coefficient (Wildman–Crippen LogP) is 2.74. The van der Waals surface area contributed by atoms with Crippen LogP contribution in [-0.4, -0.2) is 28.9 Å². The van der Waals surface area contributed by atoms with Crippen LogP contribution < -0.4 is 0 Å². The molecular formula is C15H22O4. The number of aliphatic hydroxyl groups excluding tert-OH is 1. The highest BCUT2D eigenvalue weighted by Crippen LogP contribution is 2.18. The van der Waals surface area contributed by atoms with Crippen LogP contribution in [0.3, 0.4) is 0 Å². The van der Waals surface area contributed by atoms with Crippen LogP contribution in [0.2, 0.25) is 0 Å². The summed E-state index contributed by atoms with van der Waals surface area (Å²) >= 11 is 0. The smallest absolute Gasteiger partial charge is 0.341 e. The Morgan fingerprint density at radius 1 is 1.32 bits per heavy atom. The van der Waals surface area contributed by atoms with Gasteiger partial charge in [0.05, 0.1) is 12.7 Å². The van der Waals surface area contributed by atoms with Gasteiger partial charge < -0.3 is 14.9 Å². The Hall–Kier alpha value is -1.55.